The van der Waals surface area contributed by atoms with Crippen molar-refractivity contribution in [1.29, 1.82) is 0 Å². The molecule has 0 N–H and O–H groups in total. The molecule has 1 aliphatic rings. The lowest BCUT2D eigenvalue weighted by molar-refractivity contribution is 0.0969. The van der Waals surface area contributed by atoms with Gasteiger partial charge in [0.1, 0.15) is 5.82 Å². The molecule has 0 bridgehead atoms. The van der Waals surface area contributed by atoms with Crippen LogP contribution in [0.2, 0.25) is 0 Å². The molecule has 0 amide bonds. The number of aryl methyl sites for hydroxylation is 1. The molecule has 0 atom stereocenters. The van der Waals surface area contributed by atoms with Crippen LogP contribution in [0.15, 0.2) is 24.4 Å². The highest BCUT2D eigenvalue weighted by molar-refractivity contribution is 6.09. The van der Waals surface area contributed by atoms with Gasteiger partial charge in [0.25, 0.3) is 0 Å². The SMILES string of the molecule is Cn1cc(C(=O)C2CC2)c2cc(F)ccc21. The van der Waals surface area contributed by atoms with E-state index in [0.717, 1.165) is 23.7 Å². The van der Waals surface area contributed by atoms with E-state index in [1.807, 2.05) is 17.8 Å². The topological polar surface area (TPSA) is 22.0 Å². The van der Waals surface area contributed by atoms with Gasteiger partial charge in [-0.15, -0.1) is 0 Å². The van der Waals surface area contributed by atoms with E-state index in [0.29, 0.717) is 5.56 Å². The smallest absolute Gasteiger partial charge is 0.168 e. The predicted molar refractivity (Wildman–Crippen MR) is 59.9 cm³/mol. The normalized spacial score (nSPS) is 15.6. The zero-order valence-electron chi connectivity index (χ0n) is 9.03. The number of nitrogens with zero attached hydrogens (tertiary/aromatic N) is 1. The Morgan fingerprint density at radius 3 is 2.88 bits per heavy atom. The van der Waals surface area contributed by atoms with Crippen molar-refractivity contribution >= 4 is 16.7 Å². The van der Waals surface area contributed by atoms with E-state index >= 15 is 0 Å². The van der Waals surface area contributed by atoms with Crippen molar-refractivity contribution < 1.29 is 9.18 Å². The molecule has 2 aromatic rings. The Morgan fingerprint density at radius 2 is 2.19 bits per heavy atom. The summed E-state index contributed by atoms with van der Waals surface area (Å²) in [7, 11) is 1.88. The van der Waals surface area contributed by atoms with Gasteiger partial charge in [-0.2, -0.15) is 0 Å². The minimum absolute atomic E-state index is 0.163. The van der Waals surface area contributed by atoms with Crippen LogP contribution in [0.4, 0.5) is 4.39 Å². The second-order valence-electron chi connectivity index (χ2n) is 4.45. The highest BCUT2D eigenvalue weighted by atomic mass is 19.1. The van der Waals surface area contributed by atoms with E-state index in [1.54, 1.807) is 6.07 Å². The Bertz CT molecular complexity index is 581. The van der Waals surface area contributed by atoms with Crippen LogP contribution >= 0.6 is 0 Å². The summed E-state index contributed by atoms with van der Waals surface area (Å²) in [6.07, 6.45) is 3.76. The van der Waals surface area contributed by atoms with Crippen LogP contribution in [-0.2, 0) is 7.05 Å². The second-order valence-corrected chi connectivity index (χ2v) is 4.45. The maximum atomic E-state index is 13.2. The van der Waals surface area contributed by atoms with Crippen molar-refractivity contribution in [3.63, 3.8) is 0 Å². The fourth-order valence-electron chi connectivity index (χ4n) is 2.13. The minimum Gasteiger partial charge on any atom is -0.350 e. The number of fused-ring (bicyclic) bond motifs is 1. The van der Waals surface area contributed by atoms with Gasteiger partial charge in [0.05, 0.1) is 0 Å². The Kier molecular flexibility index (Phi) is 1.90. The summed E-state index contributed by atoms with van der Waals surface area (Å²) >= 11 is 0. The average molecular weight is 217 g/mol. The summed E-state index contributed by atoms with van der Waals surface area (Å²) in [5.41, 5.74) is 1.57. The van der Waals surface area contributed by atoms with Crippen LogP contribution in [0.5, 0.6) is 0 Å². The number of carbonyl (C=O) groups excluding carboxylic acids is 1. The molecule has 0 unspecified atom stereocenters. The fourth-order valence-corrected chi connectivity index (χ4v) is 2.13. The van der Waals surface area contributed by atoms with Crippen LogP contribution in [0.25, 0.3) is 10.9 Å². The zero-order valence-corrected chi connectivity index (χ0v) is 9.03. The first-order valence-electron chi connectivity index (χ1n) is 5.45. The van der Waals surface area contributed by atoms with E-state index in [4.69, 9.17) is 0 Å². The molecule has 3 heteroatoms. The lowest BCUT2D eigenvalue weighted by Crippen LogP contribution is -1.99. The highest BCUT2D eigenvalue weighted by Gasteiger charge is 2.32. The Balaban J connectivity index is 2.23. The molecule has 1 heterocycles. The van der Waals surface area contributed by atoms with Gasteiger partial charge in [-0.3, -0.25) is 4.79 Å². The lowest BCUT2D eigenvalue weighted by atomic mass is 10.1. The number of hydrogen-bond acceptors (Lipinski definition) is 1. The first-order chi connectivity index (χ1) is 7.66. The molecule has 0 aliphatic heterocycles. The van der Waals surface area contributed by atoms with Crippen molar-refractivity contribution in [2.75, 3.05) is 0 Å². The zero-order chi connectivity index (χ0) is 11.3. The Labute approximate surface area is 92.7 Å². The Hall–Kier alpha value is -1.64. The fraction of sp³-hybridized carbons (Fsp3) is 0.308. The van der Waals surface area contributed by atoms with Gasteiger partial charge in [0, 0.05) is 35.6 Å². The van der Waals surface area contributed by atoms with Crippen molar-refractivity contribution in [3.8, 4) is 0 Å². The average Bonchev–Trinajstić information content (AvgIpc) is 3.04. The maximum Gasteiger partial charge on any atom is 0.168 e. The molecule has 3 rings (SSSR count). The predicted octanol–water partition coefficient (Wildman–Crippen LogP) is 2.91. The third-order valence-electron chi connectivity index (χ3n) is 3.17. The molecule has 1 saturated carbocycles. The maximum absolute atomic E-state index is 13.2. The molecular formula is C13H12FNO. The van der Waals surface area contributed by atoms with Gasteiger partial charge in [0.2, 0.25) is 0 Å². The molecule has 82 valence electrons. The third kappa shape index (κ3) is 1.35. The van der Waals surface area contributed by atoms with Crippen molar-refractivity contribution in [2.24, 2.45) is 13.0 Å². The minimum atomic E-state index is -0.288. The van der Waals surface area contributed by atoms with Gasteiger partial charge >= 0.3 is 0 Å². The number of hydrogen-bond donors (Lipinski definition) is 0. The van der Waals surface area contributed by atoms with Gasteiger partial charge in [0.15, 0.2) is 5.78 Å². The van der Waals surface area contributed by atoms with Crippen molar-refractivity contribution in [3.05, 3.63) is 35.8 Å². The van der Waals surface area contributed by atoms with E-state index < -0.39 is 0 Å². The number of ketones is 1. The monoisotopic (exact) mass is 217 g/mol. The molecule has 0 radical (unpaired) electrons. The first kappa shape index (κ1) is 9.58. The van der Waals surface area contributed by atoms with Crippen LogP contribution in [0.1, 0.15) is 23.2 Å². The number of benzene rings is 1. The largest absolute Gasteiger partial charge is 0.350 e. The van der Waals surface area contributed by atoms with E-state index in [-0.39, 0.29) is 17.5 Å². The molecule has 2 nitrogen and oxygen atoms in total. The third-order valence-corrected chi connectivity index (χ3v) is 3.17. The standard InChI is InChI=1S/C13H12FNO/c1-15-7-11(13(16)8-2-3-8)10-6-9(14)4-5-12(10)15/h4-8H,2-3H2,1H3. The summed E-state index contributed by atoms with van der Waals surface area (Å²) in [6.45, 7) is 0. The first-order valence-corrected chi connectivity index (χ1v) is 5.45. The summed E-state index contributed by atoms with van der Waals surface area (Å²) in [5.74, 6) is 0.0496. The molecule has 1 fully saturated rings. The van der Waals surface area contributed by atoms with E-state index in [9.17, 15) is 9.18 Å². The Morgan fingerprint density at radius 1 is 1.44 bits per heavy atom. The number of carbonyl (C=O) groups is 1. The summed E-state index contributed by atoms with van der Waals surface area (Å²) < 4.78 is 15.1. The molecule has 1 aromatic carbocycles. The van der Waals surface area contributed by atoms with Gasteiger partial charge in [-0.25, -0.2) is 4.39 Å². The second kappa shape index (κ2) is 3.17. The molecule has 16 heavy (non-hydrogen) atoms. The van der Waals surface area contributed by atoms with Crippen molar-refractivity contribution in [1.82, 2.24) is 4.57 Å². The van der Waals surface area contributed by atoms with Crippen LogP contribution < -0.4 is 0 Å². The summed E-state index contributed by atoms with van der Waals surface area (Å²) in [5, 5.41) is 0.736. The molecule has 0 saturated heterocycles. The summed E-state index contributed by atoms with van der Waals surface area (Å²) in [6, 6.07) is 4.59. The molecule has 1 aromatic heterocycles. The lowest BCUT2D eigenvalue weighted by Gasteiger charge is -1.96. The molecule has 0 spiro atoms. The van der Waals surface area contributed by atoms with Gasteiger partial charge in [-0.1, -0.05) is 0 Å². The van der Waals surface area contributed by atoms with E-state index in [2.05, 4.69) is 0 Å². The quantitative estimate of drug-likeness (QED) is 0.709. The number of halogens is 1. The van der Waals surface area contributed by atoms with Crippen LogP contribution in [0, 0.1) is 11.7 Å². The summed E-state index contributed by atoms with van der Waals surface area (Å²) in [4.78, 5) is 12.0. The van der Waals surface area contributed by atoms with Gasteiger partial charge < -0.3 is 4.57 Å². The number of Topliss-reactive ketones (excluding diaryl/α,β-unsaturated/α-hetero) is 1. The molecular weight excluding hydrogens is 205 g/mol. The van der Waals surface area contributed by atoms with Crippen molar-refractivity contribution in [2.45, 2.75) is 12.8 Å². The highest BCUT2D eigenvalue weighted by Crippen LogP contribution is 2.35. The number of aromatic nitrogens is 1. The van der Waals surface area contributed by atoms with E-state index in [1.165, 1.54) is 12.1 Å². The van der Waals surface area contributed by atoms with Gasteiger partial charge in [-0.05, 0) is 31.0 Å². The number of rotatable bonds is 2. The molecule has 1 aliphatic carbocycles. The van der Waals surface area contributed by atoms with Crippen LogP contribution in [-0.4, -0.2) is 10.4 Å². The van der Waals surface area contributed by atoms with Crippen LogP contribution in [0.3, 0.4) is 0 Å².